The van der Waals surface area contributed by atoms with Crippen LogP contribution in [0.4, 0.5) is 0 Å². The highest BCUT2D eigenvalue weighted by atomic mass is 35.5. The SMILES string of the molecule is CC(N)CCCc1ccccc1Cl. The van der Waals surface area contributed by atoms with Crippen LogP contribution in [0.3, 0.4) is 0 Å². The van der Waals surface area contributed by atoms with Gasteiger partial charge in [0.1, 0.15) is 0 Å². The van der Waals surface area contributed by atoms with E-state index in [4.69, 9.17) is 17.3 Å². The summed E-state index contributed by atoms with van der Waals surface area (Å²) in [5.74, 6) is 0. The number of benzene rings is 1. The third-order valence-electron chi connectivity index (χ3n) is 2.06. The van der Waals surface area contributed by atoms with Gasteiger partial charge in [0, 0.05) is 11.1 Å². The summed E-state index contributed by atoms with van der Waals surface area (Å²) in [6, 6.07) is 8.28. The standard InChI is InChI=1S/C11H16ClN/c1-9(13)5-4-7-10-6-2-3-8-11(10)12/h2-3,6,8-9H,4-5,7,13H2,1H3. The van der Waals surface area contributed by atoms with E-state index >= 15 is 0 Å². The van der Waals surface area contributed by atoms with Gasteiger partial charge in [0.25, 0.3) is 0 Å². The highest BCUT2D eigenvalue weighted by molar-refractivity contribution is 6.31. The third-order valence-corrected chi connectivity index (χ3v) is 2.43. The lowest BCUT2D eigenvalue weighted by atomic mass is 10.1. The normalized spacial score (nSPS) is 12.8. The average Bonchev–Trinajstić information content (AvgIpc) is 2.08. The first-order chi connectivity index (χ1) is 6.20. The van der Waals surface area contributed by atoms with Gasteiger partial charge in [-0.05, 0) is 37.8 Å². The molecule has 2 heteroatoms. The van der Waals surface area contributed by atoms with Gasteiger partial charge in [-0.25, -0.2) is 0 Å². The average molecular weight is 198 g/mol. The maximum absolute atomic E-state index is 6.01. The van der Waals surface area contributed by atoms with Crippen LogP contribution in [-0.2, 0) is 6.42 Å². The number of hydrogen-bond acceptors (Lipinski definition) is 1. The van der Waals surface area contributed by atoms with Crippen LogP contribution in [0.25, 0.3) is 0 Å². The van der Waals surface area contributed by atoms with Crippen LogP contribution >= 0.6 is 11.6 Å². The Balaban J connectivity index is 2.41. The molecule has 0 radical (unpaired) electrons. The molecule has 0 amide bonds. The molecule has 1 rings (SSSR count). The summed E-state index contributed by atoms with van der Waals surface area (Å²) in [7, 11) is 0. The van der Waals surface area contributed by atoms with E-state index in [0.717, 1.165) is 24.3 Å². The minimum absolute atomic E-state index is 0.294. The fourth-order valence-corrected chi connectivity index (χ4v) is 1.55. The third kappa shape index (κ3) is 3.79. The van der Waals surface area contributed by atoms with Gasteiger partial charge >= 0.3 is 0 Å². The molecule has 0 bridgehead atoms. The molecule has 0 saturated heterocycles. The highest BCUT2D eigenvalue weighted by Gasteiger charge is 1.99. The first-order valence-corrected chi connectivity index (χ1v) is 5.07. The van der Waals surface area contributed by atoms with E-state index in [0.29, 0.717) is 6.04 Å². The van der Waals surface area contributed by atoms with Crippen LogP contribution < -0.4 is 5.73 Å². The maximum atomic E-state index is 6.01. The summed E-state index contributed by atoms with van der Waals surface area (Å²) in [6.07, 6.45) is 3.20. The van der Waals surface area contributed by atoms with Crippen molar-refractivity contribution in [1.82, 2.24) is 0 Å². The molecular formula is C11H16ClN. The van der Waals surface area contributed by atoms with Gasteiger partial charge in [-0.2, -0.15) is 0 Å². The second kappa shape index (κ2) is 5.25. The number of nitrogens with two attached hydrogens (primary N) is 1. The van der Waals surface area contributed by atoms with Crippen LogP contribution in [0.5, 0.6) is 0 Å². The Morgan fingerprint density at radius 3 is 2.69 bits per heavy atom. The largest absolute Gasteiger partial charge is 0.328 e. The summed E-state index contributed by atoms with van der Waals surface area (Å²) < 4.78 is 0. The molecule has 0 aliphatic heterocycles. The molecule has 1 aromatic carbocycles. The van der Waals surface area contributed by atoms with Gasteiger partial charge in [0.2, 0.25) is 0 Å². The van der Waals surface area contributed by atoms with Crippen molar-refractivity contribution < 1.29 is 0 Å². The van der Waals surface area contributed by atoms with Gasteiger partial charge in [-0.1, -0.05) is 29.8 Å². The summed E-state index contributed by atoms with van der Waals surface area (Å²) in [5, 5.41) is 0.868. The molecule has 1 unspecified atom stereocenters. The highest BCUT2D eigenvalue weighted by Crippen LogP contribution is 2.17. The molecule has 1 atom stereocenters. The molecule has 1 nitrogen and oxygen atoms in total. The maximum Gasteiger partial charge on any atom is 0.0437 e. The van der Waals surface area contributed by atoms with E-state index in [1.807, 2.05) is 25.1 Å². The number of rotatable bonds is 4. The molecule has 0 fully saturated rings. The summed E-state index contributed by atoms with van der Waals surface area (Å²) in [6.45, 7) is 2.03. The Kier molecular flexibility index (Phi) is 4.26. The molecular weight excluding hydrogens is 182 g/mol. The lowest BCUT2D eigenvalue weighted by molar-refractivity contribution is 0.624. The van der Waals surface area contributed by atoms with Gasteiger partial charge in [-0.15, -0.1) is 0 Å². The Bertz CT molecular complexity index is 258. The molecule has 1 aromatic rings. The first kappa shape index (κ1) is 10.6. The molecule has 72 valence electrons. The molecule has 0 aliphatic rings. The zero-order valence-electron chi connectivity index (χ0n) is 7.96. The Morgan fingerprint density at radius 2 is 2.08 bits per heavy atom. The van der Waals surface area contributed by atoms with E-state index in [-0.39, 0.29) is 0 Å². The second-order valence-electron chi connectivity index (χ2n) is 3.46. The fraction of sp³-hybridized carbons (Fsp3) is 0.455. The van der Waals surface area contributed by atoms with Gasteiger partial charge in [0.15, 0.2) is 0 Å². The van der Waals surface area contributed by atoms with Crippen molar-refractivity contribution in [2.45, 2.75) is 32.2 Å². The topological polar surface area (TPSA) is 26.0 Å². The zero-order valence-corrected chi connectivity index (χ0v) is 8.72. The van der Waals surface area contributed by atoms with Crippen LogP contribution in [-0.4, -0.2) is 6.04 Å². The van der Waals surface area contributed by atoms with E-state index in [2.05, 4.69) is 6.07 Å². The quantitative estimate of drug-likeness (QED) is 0.789. The van der Waals surface area contributed by atoms with Crippen molar-refractivity contribution in [1.29, 1.82) is 0 Å². The number of halogens is 1. The predicted octanol–water partition coefficient (Wildman–Crippen LogP) is 3.01. The van der Waals surface area contributed by atoms with Crippen molar-refractivity contribution in [2.75, 3.05) is 0 Å². The molecule has 0 aliphatic carbocycles. The summed E-state index contributed by atoms with van der Waals surface area (Å²) >= 11 is 6.01. The van der Waals surface area contributed by atoms with Crippen LogP contribution in [0.15, 0.2) is 24.3 Å². The van der Waals surface area contributed by atoms with Crippen molar-refractivity contribution in [3.63, 3.8) is 0 Å². The molecule has 0 spiro atoms. The fourth-order valence-electron chi connectivity index (χ4n) is 1.32. The van der Waals surface area contributed by atoms with Crippen LogP contribution in [0.2, 0.25) is 5.02 Å². The van der Waals surface area contributed by atoms with Gasteiger partial charge in [0.05, 0.1) is 0 Å². The zero-order chi connectivity index (χ0) is 9.68. The smallest absolute Gasteiger partial charge is 0.0437 e. The lowest BCUT2D eigenvalue weighted by Crippen LogP contribution is -2.14. The number of hydrogen-bond donors (Lipinski definition) is 1. The Labute approximate surface area is 84.9 Å². The van der Waals surface area contributed by atoms with Crippen molar-refractivity contribution in [2.24, 2.45) is 5.73 Å². The predicted molar refractivity (Wildman–Crippen MR) is 58.0 cm³/mol. The lowest BCUT2D eigenvalue weighted by Gasteiger charge is -2.05. The van der Waals surface area contributed by atoms with E-state index in [1.165, 1.54) is 5.56 Å². The van der Waals surface area contributed by atoms with Crippen molar-refractivity contribution >= 4 is 11.6 Å². The molecule has 0 aromatic heterocycles. The minimum atomic E-state index is 0.294. The molecule has 0 saturated carbocycles. The van der Waals surface area contributed by atoms with E-state index in [1.54, 1.807) is 0 Å². The number of aryl methyl sites for hydroxylation is 1. The first-order valence-electron chi connectivity index (χ1n) is 4.69. The van der Waals surface area contributed by atoms with E-state index < -0.39 is 0 Å². The molecule has 13 heavy (non-hydrogen) atoms. The summed E-state index contributed by atoms with van der Waals surface area (Å²) in [5.41, 5.74) is 6.89. The van der Waals surface area contributed by atoms with Crippen LogP contribution in [0.1, 0.15) is 25.3 Å². The van der Waals surface area contributed by atoms with Gasteiger partial charge in [-0.3, -0.25) is 0 Å². The van der Waals surface area contributed by atoms with Crippen LogP contribution in [0, 0.1) is 0 Å². The second-order valence-corrected chi connectivity index (χ2v) is 3.87. The molecule has 0 heterocycles. The molecule has 2 N–H and O–H groups in total. The van der Waals surface area contributed by atoms with Gasteiger partial charge < -0.3 is 5.73 Å². The minimum Gasteiger partial charge on any atom is -0.328 e. The monoisotopic (exact) mass is 197 g/mol. The van der Waals surface area contributed by atoms with Crippen molar-refractivity contribution in [3.8, 4) is 0 Å². The summed E-state index contributed by atoms with van der Waals surface area (Å²) in [4.78, 5) is 0. The van der Waals surface area contributed by atoms with Crippen molar-refractivity contribution in [3.05, 3.63) is 34.9 Å². The Hall–Kier alpha value is -0.530. The van der Waals surface area contributed by atoms with E-state index in [9.17, 15) is 0 Å². The Morgan fingerprint density at radius 1 is 1.38 bits per heavy atom.